The van der Waals surface area contributed by atoms with Crippen LogP contribution in [0.2, 0.25) is 0 Å². The van der Waals surface area contributed by atoms with Crippen molar-refractivity contribution in [2.24, 2.45) is 0 Å². The molecule has 9 heteroatoms. The van der Waals surface area contributed by atoms with Gasteiger partial charge in [0.15, 0.2) is 0 Å². The predicted molar refractivity (Wildman–Crippen MR) is 78.2 cm³/mol. The van der Waals surface area contributed by atoms with Crippen LogP contribution in [0.15, 0.2) is 41.2 Å². The minimum atomic E-state index is -4.35. The molecule has 0 saturated carbocycles. The minimum Gasteiger partial charge on any atom is -0.367 e. The molecule has 1 aromatic carbocycles. The van der Waals surface area contributed by atoms with Gasteiger partial charge in [-0.2, -0.15) is 18.3 Å². The van der Waals surface area contributed by atoms with E-state index >= 15 is 0 Å². The van der Waals surface area contributed by atoms with Gasteiger partial charge in [-0.15, -0.1) is 0 Å². The molecule has 0 radical (unpaired) electrons. The first-order valence-electron chi connectivity index (χ1n) is 6.90. The van der Waals surface area contributed by atoms with Gasteiger partial charge in [0.05, 0.1) is 6.61 Å². The molecule has 0 unspecified atom stereocenters. The fraction of sp³-hybridized carbons (Fsp3) is 0.267. The summed E-state index contributed by atoms with van der Waals surface area (Å²) in [6.07, 6.45) is -4.35. The molecule has 2 aromatic rings. The van der Waals surface area contributed by atoms with E-state index in [4.69, 9.17) is 0 Å². The van der Waals surface area contributed by atoms with Crippen molar-refractivity contribution in [3.05, 3.63) is 63.6 Å². The lowest BCUT2D eigenvalue weighted by molar-refractivity contribution is -0.176. The van der Waals surface area contributed by atoms with Crippen LogP contribution in [0.4, 0.5) is 13.2 Å². The largest absolute Gasteiger partial charge is 0.411 e. The third-order valence-corrected chi connectivity index (χ3v) is 2.92. The lowest BCUT2D eigenvalue weighted by Gasteiger charge is -2.08. The molecule has 1 aromatic heterocycles. The fourth-order valence-electron chi connectivity index (χ4n) is 1.78. The third kappa shape index (κ3) is 5.84. The molecular weight excluding hydrogens is 327 g/mol. The molecule has 6 nitrogen and oxygen atoms in total. The van der Waals surface area contributed by atoms with E-state index in [1.165, 1.54) is 12.1 Å². The molecule has 0 spiro atoms. The number of H-pyrrole nitrogens is 1. The Labute approximate surface area is 134 Å². The minimum absolute atomic E-state index is 0.0757. The molecule has 0 aliphatic heterocycles. The predicted octanol–water partition coefficient (Wildman–Crippen LogP) is 1.78. The van der Waals surface area contributed by atoms with Crippen molar-refractivity contribution < 1.29 is 22.7 Å². The number of hydrogen-bond donors (Lipinski definition) is 2. The van der Waals surface area contributed by atoms with Crippen molar-refractivity contribution >= 4 is 5.91 Å². The smallest absolute Gasteiger partial charge is 0.367 e. The molecule has 0 fully saturated rings. The first-order valence-corrected chi connectivity index (χ1v) is 6.90. The summed E-state index contributed by atoms with van der Waals surface area (Å²) in [5.41, 5.74) is 1.02. The van der Waals surface area contributed by atoms with E-state index in [2.05, 4.69) is 20.3 Å². The second-order valence-electron chi connectivity index (χ2n) is 4.91. The van der Waals surface area contributed by atoms with Gasteiger partial charge in [-0.05, 0) is 17.2 Å². The van der Waals surface area contributed by atoms with Crippen molar-refractivity contribution in [2.75, 3.05) is 6.61 Å². The van der Waals surface area contributed by atoms with Crippen LogP contribution in [0.5, 0.6) is 0 Å². The summed E-state index contributed by atoms with van der Waals surface area (Å²) in [5, 5.41) is 8.37. The number of ether oxygens (including phenoxy) is 1. The Morgan fingerprint density at radius 3 is 2.38 bits per heavy atom. The van der Waals surface area contributed by atoms with Gasteiger partial charge in [0.25, 0.3) is 11.5 Å². The van der Waals surface area contributed by atoms with Gasteiger partial charge in [-0.1, -0.05) is 24.3 Å². The number of hydrogen-bond acceptors (Lipinski definition) is 4. The zero-order chi connectivity index (χ0) is 17.6. The number of halogens is 3. The van der Waals surface area contributed by atoms with E-state index in [-0.39, 0.29) is 18.8 Å². The lowest BCUT2D eigenvalue weighted by atomic mass is 10.1. The van der Waals surface area contributed by atoms with E-state index in [9.17, 15) is 22.8 Å². The molecule has 0 aliphatic rings. The second-order valence-corrected chi connectivity index (χ2v) is 4.91. The van der Waals surface area contributed by atoms with Crippen LogP contribution in [-0.2, 0) is 17.9 Å². The summed E-state index contributed by atoms with van der Waals surface area (Å²) in [6.45, 7) is -1.23. The fourth-order valence-corrected chi connectivity index (χ4v) is 1.78. The Bertz CT molecular complexity index is 722. The Kier molecular flexibility index (Phi) is 5.69. The maximum absolute atomic E-state index is 12.0. The highest BCUT2D eigenvalue weighted by atomic mass is 19.4. The van der Waals surface area contributed by atoms with E-state index in [1.807, 2.05) is 0 Å². The number of nitrogens with one attached hydrogen (secondary N) is 2. The van der Waals surface area contributed by atoms with E-state index in [0.717, 1.165) is 5.56 Å². The van der Waals surface area contributed by atoms with Crippen LogP contribution in [0.1, 0.15) is 21.6 Å². The summed E-state index contributed by atoms with van der Waals surface area (Å²) in [5.74, 6) is -0.455. The van der Waals surface area contributed by atoms with Gasteiger partial charge in [0.1, 0.15) is 12.3 Å². The van der Waals surface area contributed by atoms with Gasteiger partial charge in [-0.3, -0.25) is 9.59 Å². The number of aromatic amines is 1. The highest BCUT2D eigenvalue weighted by Crippen LogP contribution is 2.15. The zero-order valence-corrected chi connectivity index (χ0v) is 12.4. The van der Waals surface area contributed by atoms with Crippen molar-refractivity contribution in [1.82, 2.24) is 15.5 Å². The number of nitrogens with zero attached hydrogens (tertiary/aromatic N) is 1. The van der Waals surface area contributed by atoms with Crippen molar-refractivity contribution in [3.8, 4) is 0 Å². The monoisotopic (exact) mass is 341 g/mol. The molecule has 1 amide bonds. The number of rotatable bonds is 6. The number of aromatic nitrogens is 2. The molecule has 2 rings (SSSR count). The quantitative estimate of drug-likeness (QED) is 0.839. The Morgan fingerprint density at radius 2 is 1.79 bits per heavy atom. The van der Waals surface area contributed by atoms with Gasteiger partial charge in [0.2, 0.25) is 0 Å². The molecular formula is C15H14F3N3O3. The van der Waals surface area contributed by atoms with Crippen LogP contribution in [0.3, 0.4) is 0 Å². The van der Waals surface area contributed by atoms with E-state index < -0.39 is 24.2 Å². The normalized spacial score (nSPS) is 11.3. The van der Waals surface area contributed by atoms with Crippen molar-refractivity contribution in [3.63, 3.8) is 0 Å². The highest BCUT2D eigenvalue weighted by Gasteiger charge is 2.27. The molecule has 24 heavy (non-hydrogen) atoms. The average molecular weight is 341 g/mol. The summed E-state index contributed by atoms with van der Waals surface area (Å²) < 4.78 is 40.5. The molecule has 0 bridgehead atoms. The molecule has 1 heterocycles. The van der Waals surface area contributed by atoms with Crippen LogP contribution in [0, 0.1) is 0 Å². The lowest BCUT2D eigenvalue weighted by Crippen LogP contribution is -2.25. The van der Waals surface area contributed by atoms with Crippen molar-refractivity contribution in [2.45, 2.75) is 19.3 Å². The Morgan fingerprint density at radius 1 is 1.12 bits per heavy atom. The first kappa shape index (κ1) is 17.7. The SMILES string of the molecule is O=C(NCc1ccc(COCC(F)(F)F)cc1)c1ccc(=O)[nH]n1. The van der Waals surface area contributed by atoms with Crippen molar-refractivity contribution in [1.29, 1.82) is 0 Å². The van der Waals surface area contributed by atoms with E-state index in [0.29, 0.717) is 5.56 Å². The van der Waals surface area contributed by atoms with Gasteiger partial charge in [-0.25, -0.2) is 5.10 Å². The highest BCUT2D eigenvalue weighted by molar-refractivity contribution is 5.91. The van der Waals surface area contributed by atoms with Crippen LogP contribution in [-0.4, -0.2) is 28.9 Å². The van der Waals surface area contributed by atoms with Gasteiger partial charge >= 0.3 is 6.18 Å². The average Bonchev–Trinajstić information content (AvgIpc) is 2.53. The number of benzene rings is 1. The van der Waals surface area contributed by atoms with Crippen LogP contribution >= 0.6 is 0 Å². The molecule has 128 valence electrons. The second kappa shape index (κ2) is 7.73. The molecule has 2 N–H and O–H groups in total. The molecule has 0 aliphatic carbocycles. The maximum Gasteiger partial charge on any atom is 0.411 e. The number of amides is 1. The maximum atomic E-state index is 12.0. The van der Waals surface area contributed by atoms with Gasteiger partial charge in [0, 0.05) is 12.6 Å². The zero-order valence-electron chi connectivity index (χ0n) is 12.4. The first-order chi connectivity index (χ1) is 11.3. The van der Waals surface area contributed by atoms with Crippen LogP contribution in [0.25, 0.3) is 0 Å². The standard InChI is InChI=1S/C15H14F3N3O3/c16-15(17,18)9-24-8-11-3-1-10(2-4-11)7-19-14(23)12-5-6-13(22)21-20-12/h1-6H,7-9H2,(H,19,23)(H,21,22). The summed E-state index contributed by atoms with van der Waals surface area (Å²) in [4.78, 5) is 22.7. The number of carbonyl (C=O) groups excluding carboxylic acids is 1. The Balaban J connectivity index is 1.82. The number of carbonyl (C=O) groups is 1. The molecule has 0 atom stereocenters. The number of alkyl halides is 3. The summed E-state index contributed by atoms with van der Waals surface area (Å²) >= 11 is 0. The Hall–Kier alpha value is -2.68. The summed E-state index contributed by atoms with van der Waals surface area (Å²) in [7, 11) is 0. The summed E-state index contributed by atoms with van der Waals surface area (Å²) in [6, 6.07) is 9.08. The molecule has 0 saturated heterocycles. The van der Waals surface area contributed by atoms with Crippen LogP contribution < -0.4 is 10.9 Å². The van der Waals surface area contributed by atoms with E-state index in [1.54, 1.807) is 24.3 Å². The topological polar surface area (TPSA) is 84.1 Å². The van der Waals surface area contributed by atoms with Gasteiger partial charge < -0.3 is 10.1 Å². The third-order valence-electron chi connectivity index (χ3n) is 2.92.